The van der Waals surface area contributed by atoms with Gasteiger partial charge in [0.05, 0.1) is 0 Å². The SMILES string of the molecule is CC(=O)CCN1CC2CCC1C2. The maximum Gasteiger partial charge on any atom is 0.131 e. The molecule has 2 bridgehead atoms. The highest BCUT2D eigenvalue weighted by molar-refractivity contribution is 5.75. The van der Waals surface area contributed by atoms with Crippen LogP contribution in [0.3, 0.4) is 0 Å². The lowest BCUT2D eigenvalue weighted by Gasteiger charge is -2.25. The molecule has 2 fully saturated rings. The number of fused-ring (bicyclic) bond motifs is 2. The second kappa shape index (κ2) is 3.17. The number of carbonyl (C=O) groups is 1. The molecule has 0 N–H and O–H groups in total. The first kappa shape index (κ1) is 8.24. The minimum absolute atomic E-state index is 0.331. The Balaban J connectivity index is 1.79. The van der Waals surface area contributed by atoms with Gasteiger partial charge in [0.2, 0.25) is 0 Å². The minimum Gasteiger partial charge on any atom is -0.300 e. The lowest BCUT2D eigenvalue weighted by molar-refractivity contribution is -0.117. The molecule has 0 amide bonds. The summed E-state index contributed by atoms with van der Waals surface area (Å²) >= 11 is 0. The fraction of sp³-hybridized carbons (Fsp3) is 0.900. The topological polar surface area (TPSA) is 20.3 Å². The number of hydrogen-bond donors (Lipinski definition) is 0. The highest BCUT2D eigenvalue weighted by atomic mass is 16.1. The molecule has 2 unspecified atom stereocenters. The van der Waals surface area contributed by atoms with Crippen LogP contribution in [0, 0.1) is 5.92 Å². The Hall–Kier alpha value is -0.370. The third-order valence-corrected chi connectivity index (χ3v) is 3.27. The van der Waals surface area contributed by atoms with Crippen LogP contribution in [0.1, 0.15) is 32.6 Å². The van der Waals surface area contributed by atoms with Crippen molar-refractivity contribution in [3.63, 3.8) is 0 Å². The number of nitrogens with zero attached hydrogens (tertiary/aromatic N) is 1. The van der Waals surface area contributed by atoms with Crippen LogP contribution in [-0.2, 0) is 4.79 Å². The standard InChI is InChI=1S/C10H17NO/c1-8(12)4-5-11-7-9-2-3-10(11)6-9/h9-10H,2-7H2,1H3. The third-order valence-electron chi connectivity index (χ3n) is 3.27. The van der Waals surface area contributed by atoms with E-state index in [2.05, 4.69) is 4.90 Å². The number of likely N-dealkylation sites (tertiary alicyclic amines) is 1. The second-order valence-electron chi connectivity index (χ2n) is 4.28. The zero-order valence-corrected chi connectivity index (χ0v) is 7.75. The molecule has 2 nitrogen and oxygen atoms in total. The number of carbonyl (C=O) groups excluding carboxylic acids is 1. The van der Waals surface area contributed by atoms with Gasteiger partial charge in [-0.25, -0.2) is 0 Å². The molecule has 1 saturated carbocycles. The Kier molecular flexibility index (Phi) is 2.18. The van der Waals surface area contributed by atoms with Gasteiger partial charge in [0, 0.05) is 25.6 Å². The lowest BCUT2D eigenvalue weighted by Crippen LogP contribution is -2.33. The van der Waals surface area contributed by atoms with Gasteiger partial charge in [-0.05, 0) is 32.1 Å². The average molecular weight is 167 g/mol. The molecule has 1 aliphatic heterocycles. The van der Waals surface area contributed by atoms with Crippen molar-refractivity contribution < 1.29 is 4.79 Å². The molecule has 1 heterocycles. The van der Waals surface area contributed by atoms with Crippen molar-refractivity contribution >= 4 is 5.78 Å². The van der Waals surface area contributed by atoms with Gasteiger partial charge in [-0.3, -0.25) is 9.69 Å². The normalized spacial score (nSPS) is 34.4. The molecule has 2 atom stereocenters. The first-order valence-electron chi connectivity index (χ1n) is 4.99. The van der Waals surface area contributed by atoms with Crippen LogP contribution in [0.2, 0.25) is 0 Å². The van der Waals surface area contributed by atoms with Gasteiger partial charge >= 0.3 is 0 Å². The quantitative estimate of drug-likeness (QED) is 0.634. The second-order valence-corrected chi connectivity index (χ2v) is 4.28. The number of hydrogen-bond acceptors (Lipinski definition) is 2. The van der Waals surface area contributed by atoms with E-state index in [1.54, 1.807) is 6.92 Å². The van der Waals surface area contributed by atoms with Crippen molar-refractivity contribution in [2.24, 2.45) is 5.92 Å². The van der Waals surface area contributed by atoms with Crippen molar-refractivity contribution in [1.82, 2.24) is 4.90 Å². The van der Waals surface area contributed by atoms with Crippen molar-refractivity contribution in [3.05, 3.63) is 0 Å². The predicted octanol–water partition coefficient (Wildman–Crippen LogP) is 1.45. The molecule has 1 aliphatic carbocycles. The van der Waals surface area contributed by atoms with E-state index >= 15 is 0 Å². The Morgan fingerprint density at radius 2 is 2.33 bits per heavy atom. The highest BCUT2D eigenvalue weighted by Gasteiger charge is 2.37. The molecule has 2 rings (SSSR count). The molecule has 2 aliphatic rings. The molecule has 12 heavy (non-hydrogen) atoms. The maximum absolute atomic E-state index is 10.8. The summed E-state index contributed by atoms with van der Waals surface area (Å²) in [6, 6.07) is 0.828. The summed E-state index contributed by atoms with van der Waals surface area (Å²) in [5.74, 6) is 1.29. The van der Waals surface area contributed by atoms with Gasteiger partial charge in [-0.2, -0.15) is 0 Å². The summed E-state index contributed by atoms with van der Waals surface area (Å²) in [6.45, 7) is 3.96. The summed E-state index contributed by atoms with van der Waals surface area (Å²) in [4.78, 5) is 13.3. The molecule has 0 radical (unpaired) electrons. The van der Waals surface area contributed by atoms with Gasteiger partial charge in [0.1, 0.15) is 5.78 Å². The van der Waals surface area contributed by atoms with Crippen LogP contribution in [0.5, 0.6) is 0 Å². The van der Waals surface area contributed by atoms with Crippen LogP contribution in [-0.4, -0.2) is 29.8 Å². The van der Waals surface area contributed by atoms with Crippen LogP contribution < -0.4 is 0 Å². The first-order valence-corrected chi connectivity index (χ1v) is 4.99. The van der Waals surface area contributed by atoms with Crippen LogP contribution in [0.4, 0.5) is 0 Å². The fourth-order valence-corrected chi connectivity index (χ4v) is 2.60. The van der Waals surface area contributed by atoms with E-state index in [-0.39, 0.29) is 0 Å². The van der Waals surface area contributed by atoms with E-state index in [9.17, 15) is 4.79 Å². The van der Waals surface area contributed by atoms with Crippen LogP contribution >= 0.6 is 0 Å². The van der Waals surface area contributed by atoms with E-state index in [1.165, 1.54) is 25.8 Å². The van der Waals surface area contributed by atoms with Crippen molar-refractivity contribution in [2.75, 3.05) is 13.1 Å². The molecule has 0 aromatic rings. The highest BCUT2D eigenvalue weighted by Crippen LogP contribution is 2.37. The molecular weight excluding hydrogens is 150 g/mol. The zero-order valence-electron chi connectivity index (χ0n) is 7.75. The average Bonchev–Trinajstić information content (AvgIpc) is 2.60. The van der Waals surface area contributed by atoms with Crippen LogP contribution in [0.25, 0.3) is 0 Å². The molecule has 0 aromatic heterocycles. The Morgan fingerprint density at radius 1 is 1.50 bits per heavy atom. The summed E-state index contributed by atoms with van der Waals surface area (Å²) in [7, 11) is 0. The van der Waals surface area contributed by atoms with Crippen molar-refractivity contribution in [3.8, 4) is 0 Å². The van der Waals surface area contributed by atoms with Crippen LogP contribution in [0.15, 0.2) is 0 Å². The Labute approximate surface area is 73.9 Å². The van der Waals surface area contributed by atoms with E-state index in [1.807, 2.05) is 0 Å². The Bertz CT molecular complexity index is 190. The summed E-state index contributed by atoms with van der Waals surface area (Å²) in [5.41, 5.74) is 0. The summed E-state index contributed by atoms with van der Waals surface area (Å²) in [6.07, 6.45) is 4.96. The van der Waals surface area contributed by atoms with E-state index < -0.39 is 0 Å². The van der Waals surface area contributed by atoms with Gasteiger partial charge in [0.25, 0.3) is 0 Å². The molecule has 1 saturated heterocycles. The molecule has 0 spiro atoms. The van der Waals surface area contributed by atoms with E-state index in [4.69, 9.17) is 0 Å². The Morgan fingerprint density at radius 3 is 2.83 bits per heavy atom. The smallest absolute Gasteiger partial charge is 0.131 e. The number of rotatable bonds is 3. The predicted molar refractivity (Wildman–Crippen MR) is 48.0 cm³/mol. The largest absolute Gasteiger partial charge is 0.300 e. The first-order chi connectivity index (χ1) is 5.75. The summed E-state index contributed by atoms with van der Waals surface area (Å²) in [5, 5.41) is 0. The molecular formula is C10H17NO. The van der Waals surface area contributed by atoms with Gasteiger partial charge in [-0.1, -0.05) is 0 Å². The monoisotopic (exact) mass is 167 g/mol. The fourth-order valence-electron chi connectivity index (χ4n) is 2.60. The number of ketones is 1. The van der Waals surface area contributed by atoms with E-state index in [0.29, 0.717) is 5.78 Å². The van der Waals surface area contributed by atoms with Gasteiger partial charge in [0.15, 0.2) is 0 Å². The minimum atomic E-state index is 0.331. The number of piperidine rings is 1. The zero-order chi connectivity index (χ0) is 8.55. The van der Waals surface area contributed by atoms with Gasteiger partial charge in [-0.15, -0.1) is 0 Å². The lowest BCUT2D eigenvalue weighted by atomic mass is 10.1. The number of Topliss-reactive ketones (excluding diaryl/α,β-unsaturated/α-hetero) is 1. The summed E-state index contributed by atoms with van der Waals surface area (Å²) < 4.78 is 0. The van der Waals surface area contributed by atoms with Crippen molar-refractivity contribution in [2.45, 2.75) is 38.6 Å². The van der Waals surface area contributed by atoms with Gasteiger partial charge < -0.3 is 0 Å². The molecule has 0 aromatic carbocycles. The molecule has 2 heteroatoms. The maximum atomic E-state index is 10.8. The third kappa shape index (κ3) is 1.53. The van der Waals surface area contributed by atoms with E-state index in [0.717, 1.165) is 24.9 Å². The van der Waals surface area contributed by atoms with Crippen molar-refractivity contribution in [1.29, 1.82) is 0 Å². The molecule has 68 valence electrons.